The van der Waals surface area contributed by atoms with Gasteiger partial charge in [0, 0.05) is 4.47 Å². The Labute approximate surface area is 157 Å². The number of aryl methyl sites for hydroxylation is 1. The minimum Gasteiger partial charge on any atom is -0.293 e. The molecule has 0 amide bonds. The van der Waals surface area contributed by atoms with Crippen molar-refractivity contribution >= 4 is 37.3 Å². The highest BCUT2D eigenvalue weighted by Crippen LogP contribution is 2.21. The van der Waals surface area contributed by atoms with E-state index in [2.05, 4.69) is 31.3 Å². The predicted octanol–water partition coefficient (Wildman–Crippen LogP) is 3.30. The number of nitrogens with two attached hydrogens (primary N) is 1. The molecule has 2 aromatic carbocycles. The van der Waals surface area contributed by atoms with Gasteiger partial charge in [-0.3, -0.25) is 9.89 Å². The van der Waals surface area contributed by atoms with Crippen LogP contribution in [0.2, 0.25) is 0 Å². The summed E-state index contributed by atoms with van der Waals surface area (Å²) in [6.07, 6.45) is 0. The first-order valence-corrected chi connectivity index (χ1v) is 9.72. The molecule has 0 saturated carbocycles. The fraction of sp³-hybridized carbons (Fsp3) is 0.0625. The summed E-state index contributed by atoms with van der Waals surface area (Å²) < 4.78 is 24.8. The monoisotopic (exact) mass is 435 g/mol. The average molecular weight is 436 g/mol. The van der Waals surface area contributed by atoms with E-state index >= 15 is 0 Å². The molecule has 0 aliphatic carbocycles. The molecule has 0 atom stereocenters. The molecule has 26 heavy (non-hydrogen) atoms. The number of benzene rings is 2. The zero-order valence-corrected chi connectivity index (χ0v) is 16.0. The number of halogens is 1. The van der Waals surface area contributed by atoms with E-state index in [1.54, 1.807) is 19.1 Å². The van der Waals surface area contributed by atoms with Crippen molar-refractivity contribution in [2.45, 2.75) is 11.8 Å². The van der Waals surface area contributed by atoms with Crippen molar-refractivity contribution in [3.05, 3.63) is 69.1 Å². The van der Waals surface area contributed by atoms with Gasteiger partial charge in [0.05, 0.1) is 22.0 Å². The minimum absolute atomic E-state index is 0.0214. The number of hydrogen-bond acceptors (Lipinski definition) is 5. The van der Waals surface area contributed by atoms with Crippen LogP contribution in [0.5, 0.6) is 0 Å². The van der Waals surface area contributed by atoms with Crippen molar-refractivity contribution in [2.75, 3.05) is 0 Å². The molecule has 1 aromatic heterocycles. The predicted molar refractivity (Wildman–Crippen MR) is 101 cm³/mol. The van der Waals surface area contributed by atoms with Gasteiger partial charge in [-0.05, 0) is 55.5 Å². The number of aromatic nitrogens is 2. The highest BCUT2D eigenvalue weighted by molar-refractivity contribution is 9.10. The summed E-state index contributed by atoms with van der Waals surface area (Å²) in [6.45, 7) is 1.72. The van der Waals surface area contributed by atoms with Crippen LogP contribution in [-0.2, 0) is 10.0 Å². The number of azo groups is 1. The van der Waals surface area contributed by atoms with E-state index in [-0.39, 0.29) is 16.1 Å². The Morgan fingerprint density at radius 2 is 1.65 bits per heavy atom. The van der Waals surface area contributed by atoms with E-state index in [4.69, 9.17) is 5.14 Å². The number of nitrogens with zero attached hydrogens (tertiary/aromatic N) is 3. The second-order valence-corrected chi connectivity index (χ2v) is 7.92. The second kappa shape index (κ2) is 6.98. The van der Waals surface area contributed by atoms with E-state index in [0.29, 0.717) is 17.1 Å². The summed E-state index contributed by atoms with van der Waals surface area (Å²) >= 11 is 3.35. The third-order valence-corrected chi connectivity index (χ3v) is 5.01. The maximum atomic E-state index is 12.6. The minimum atomic E-state index is -3.76. The van der Waals surface area contributed by atoms with Gasteiger partial charge in [-0.25, -0.2) is 18.2 Å². The van der Waals surface area contributed by atoms with Crippen LogP contribution in [-0.4, -0.2) is 18.2 Å². The zero-order valence-electron chi connectivity index (χ0n) is 13.5. The van der Waals surface area contributed by atoms with Gasteiger partial charge in [0.2, 0.25) is 10.0 Å². The second-order valence-electron chi connectivity index (χ2n) is 5.44. The normalized spacial score (nSPS) is 12.0. The molecule has 0 unspecified atom stereocenters. The SMILES string of the molecule is Cc1[nH]n(-c2ccc(Br)cc2)c(=O)c1N=Nc1ccc(S(N)(=O)=O)cc1. The van der Waals surface area contributed by atoms with Crippen LogP contribution in [0.1, 0.15) is 5.69 Å². The highest BCUT2D eigenvalue weighted by atomic mass is 79.9. The number of rotatable bonds is 4. The Bertz CT molecular complexity index is 1130. The number of H-pyrrole nitrogens is 1. The third-order valence-electron chi connectivity index (χ3n) is 3.56. The molecule has 0 spiro atoms. The van der Waals surface area contributed by atoms with Crippen molar-refractivity contribution in [3.63, 3.8) is 0 Å². The lowest BCUT2D eigenvalue weighted by atomic mass is 10.3. The van der Waals surface area contributed by atoms with Crippen LogP contribution < -0.4 is 10.7 Å². The van der Waals surface area contributed by atoms with E-state index in [1.807, 2.05) is 12.1 Å². The lowest BCUT2D eigenvalue weighted by Crippen LogP contribution is -2.13. The quantitative estimate of drug-likeness (QED) is 0.610. The number of primary sulfonamides is 1. The first kappa shape index (κ1) is 18.2. The summed E-state index contributed by atoms with van der Waals surface area (Å²) in [5, 5.41) is 16.0. The first-order valence-electron chi connectivity index (χ1n) is 7.38. The van der Waals surface area contributed by atoms with Gasteiger partial charge < -0.3 is 0 Å². The first-order chi connectivity index (χ1) is 12.3. The largest absolute Gasteiger partial charge is 0.299 e. The fourth-order valence-corrected chi connectivity index (χ4v) is 3.02. The summed E-state index contributed by atoms with van der Waals surface area (Å²) in [7, 11) is -3.76. The molecule has 3 rings (SSSR count). The van der Waals surface area contributed by atoms with E-state index in [9.17, 15) is 13.2 Å². The average Bonchev–Trinajstić information content (AvgIpc) is 2.88. The Hall–Kier alpha value is -2.56. The van der Waals surface area contributed by atoms with Gasteiger partial charge in [-0.15, -0.1) is 5.11 Å². The van der Waals surface area contributed by atoms with Crippen LogP contribution in [0, 0.1) is 6.92 Å². The summed E-state index contributed by atoms with van der Waals surface area (Å²) in [5.41, 5.74) is 1.45. The number of aromatic amines is 1. The smallest absolute Gasteiger partial charge is 0.293 e. The molecule has 0 bridgehead atoms. The maximum Gasteiger partial charge on any atom is 0.299 e. The number of nitrogens with one attached hydrogen (secondary N) is 1. The maximum absolute atomic E-state index is 12.6. The van der Waals surface area contributed by atoms with Gasteiger partial charge >= 0.3 is 0 Å². The van der Waals surface area contributed by atoms with Gasteiger partial charge in [0.25, 0.3) is 5.56 Å². The molecule has 0 fully saturated rings. The number of sulfonamides is 1. The lowest BCUT2D eigenvalue weighted by molar-refractivity contribution is 0.598. The Morgan fingerprint density at radius 1 is 1.04 bits per heavy atom. The van der Waals surface area contributed by atoms with Crippen LogP contribution in [0.15, 0.2) is 72.9 Å². The fourth-order valence-electron chi connectivity index (χ4n) is 2.24. The molecule has 0 aliphatic rings. The molecule has 3 N–H and O–H groups in total. The highest BCUT2D eigenvalue weighted by Gasteiger charge is 2.12. The third kappa shape index (κ3) is 3.82. The number of hydrogen-bond donors (Lipinski definition) is 2. The van der Waals surface area contributed by atoms with Crippen molar-refractivity contribution in [1.29, 1.82) is 0 Å². The van der Waals surface area contributed by atoms with E-state index < -0.39 is 10.0 Å². The van der Waals surface area contributed by atoms with Crippen LogP contribution in [0.25, 0.3) is 5.69 Å². The topological polar surface area (TPSA) is 123 Å². The Morgan fingerprint density at radius 3 is 2.23 bits per heavy atom. The summed E-state index contributed by atoms with van der Waals surface area (Å²) in [4.78, 5) is 12.5. The zero-order chi connectivity index (χ0) is 18.9. The van der Waals surface area contributed by atoms with Crippen LogP contribution >= 0.6 is 15.9 Å². The molecule has 0 radical (unpaired) electrons. The standard InChI is InChI=1S/C16H14BrN5O3S/c1-10-15(16(23)22(21-10)13-6-2-11(17)3-7-13)20-19-12-4-8-14(9-5-12)26(18,24)25/h2-9,21H,1H3,(H2,18,24,25). The molecule has 134 valence electrons. The van der Waals surface area contributed by atoms with Gasteiger partial charge in [0.1, 0.15) is 0 Å². The van der Waals surface area contributed by atoms with Crippen molar-refractivity contribution in [2.24, 2.45) is 15.4 Å². The van der Waals surface area contributed by atoms with Crippen LogP contribution in [0.3, 0.4) is 0 Å². The Balaban J connectivity index is 1.92. The van der Waals surface area contributed by atoms with Gasteiger partial charge in [-0.2, -0.15) is 5.11 Å². The lowest BCUT2D eigenvalue weighted by Gasteiger charge is -2.00. The molecule has 8 nitrogen and oxygen atoms in total. The molecule has 3 aromatic rings. The van der Waals surface area contributed by atoms with Gasteiger partial charge in [-0.1, -0.05) is 15.9 Å². The summed E-state index contributed by atoms with van der Waals surface area (Å²) in [6, 6.07) is 12.8. The molecule has 1 heterocycles. The van der Waals surface area contributed by atoms with E-state index in [0.717, 1.165) is 4.47 Å². The molecule has 0 aliphatic heterocycles. The van der Waals surface area contributed by atoms with Crippen molar-refractivity contribution in [3.8, 4) is 5.69 Å². The van der Waals surface area contributed by atoms with Crippen LogP contribution in [0.4, 0.5) is 11.4 Å². The van der Waals surface area contributed by atoms with E-state index in [1.165, 1.54) is 28.9 Å². The molecule has 0 saturated heterocycles. The Kier molecular flexibility index (Phi) is 4.90. The summed E-state index contributed by atoms with van der Waals surface area (Å²) in [5.74, 6) is 0. The van der Waals surface area contributed by atoms with Crippen molar-refractivity contribution < 1.29 is 8.42 Å². The molecule has 10 heteroatoms. The van der Waals surface area contributed by atoms with Gasteiger partial charge in [0.15, 0.2) is 5.69 Å². The van der Waals surface area contributed by atoms with Crippen molar-refractivity contribution in [1.82, 2.24) is 9.78 Å². The molecular formula is C16H14BrN5O3S. The molecular weight excluding hydrogens is 422 g/mol.